The average molecular weight is 291 g/mol. The third kappa shape index (κ3) is 1.71. The summed E-state index contributed by atoms with van der Waals surface area (Å²) in [5, 5.41) is 0. The van der Waals surface area contributed by atoms with E-state index in [1.54, 1.807) is 0 Å². The van der Waals surface area contributed by atoms with Crippen LogP contribution in [-0.4, -0.2) is 20.7 Å². The molecule has 0 amide bonds. The van der Waals surface area contributed by atoms with Gasteiger partial charge in [-0.1, -0.05) is 0 Å². The number of carbonyl (C=O) groups excluding carboxylic acids is 1. The van der Waals surface area contributed by atoms with E-state index in [-0.39, 0.29) is 0 Å². The number of carbonyl (C=O) groups is 1. The van der Waals surface area contributed by atoms with Gasteiger partial charge < -0.3 is 0 Å². The molecule has 1 nitrogen and oxygen atoms in total. The molecule has 0 N–H and O–H groups in total. The Morgan fingerprint density at radius 2 is 2.00 bits per heavy atom. The van der Waals surface area contributed by atoms with Crippen molar-refractivity contribution in [3.63, 3.8) is 0 Å². The summed E-state index contributed by atoms with van der Waals surface area (Å²) in [5.41, 5.74) is 2.85. The Bertz CT molecular complexity index is 475. The van der Waals surface area contributed by atoms with Crippen molar-refractivity contribution in [2.24, 2.45) is 11.8 Å². The summed E-state index contributed by atoms with van der Waals surface area (Å²) in [6.45, 7) is 0. The topological polar surface area (TPSA) is 17.1 Å². The van der Waals surface area contributed by atoms with Crippen LogP contribution in [0.2, 0.25) is 5.82 Å². The maximum atomic E-state index is 12.0. The third-order valence-corrected chi connectivity index (χ3v) is 5.83. The molecule has 0 aromatic heterocycles. The first-order chi connectivity index (χ1) is 8.33. The Labute approximate surface area is 108 Å². The van der Waals surface area contributed by atoms with Gasteiger partial charge in [-0.05, 0) is 0 Å². The van der Waals surface area contributed by atoms with E-state index in [1.807, 2.05) is 0 Å². The van der Waals surface area contributed by atoms with Gasteiger partial charge in [0.15, 0.2) is 0 Å². The SMILES string of the molecule is C[Se]C1=C(c2ccccc2)C2CCCC(=O)C12. The number of fused-ring (bicyclic) bond motifs is 1. The van der Waals surface area contributed by atoms with Gasteiger partial charge in [-0.3, -0.25) is 0 Å². The van der Waals surface area contributed by atoms with Crippen molar-refractivity contribution in [2.45, 2.75) is 25.1 Å². The molecule has 0 aliphatic heterocycles. The molecule has 1 aromatic carbocycles. The fourth-order valence-electron chi connectivity index (χ4n) is 3.15. The molecule has 2 aliphatic rings. The normalized spacial score (nSPS) is 27.7. The second kappa shape index (κ2) is 4.44. The van der Waals surface area contributed by atoms with Crippen LogP contribution in [0.4, 0.5) is 0 Å². The van der Waals surface area contributed by atoms with Crippen LogP contribution in [-0.2, 0) is 4.79 Å². The Balaban J connectivity index is 2.03. The molecule has 2 unspecified atom stereocenters. The van der Waals surface area contributed by atoms with Gasteiger partial charge in [0.1, 0.15) is 0 Å². The van der Waals surface area contributed by atoms with Crippen molar-refractivity contribution in [1.29, 1.82) is 0 Å². The standard InChI is InChI=1S/C15H16OSe/c1-17-15-13(10-6-3-2-4-7-10)11-8-5-9-12(16)14(11)15/h2-4,6-7,11,14H,5,8-9H2,1H3. The summed E-state index contributed by atoms with van der Waals surface area (Å²) >= 11 is 0.472. The molecule has 0 heterocycles. The number of ketones is 1. The van der Waals surface area contributed by atoms with Gasteiger partial charge in [0.25, 0.3) is 0 Å². The fraction of sp³-hybridized carbons (Fsp3) is 0.400. The second-order valence-corrected chi connectivity index (χ2v) is 6.57. The van der Waals surface area contributed by atoms with Crippen molar-refractivity contribution in [3.8, 4) is 0 Å². The number of hydrogen-bond acceptors (Lipinski definition) is 1. The molecule has 17 heavy (non-hydrogen) atoms. The van der Waals surface area contributed by atoms with Crippen molar-refractivity contribution >= 4 is 26.3 Å². The Morgan fingerprint density at radius 1 is 1.24 bits per heavy atom. The maximum absolute atomic E-state index is 12.0. The van der Waals surface area contributed by atoms with Crippen LogP contribution in [0.1, 0.15) is 24.8 Å². The number of Topliss-reactive ketones (excluding diaryl/α,β-unsaturated/α-hetero) is 1. The van der Waals surface area contributed by atoms with E-state index in [4.69, 9.17) is 0 Å². The van der Waals surface area contributed by atoms with Crippen LogP contribution >= 0.6 is 0 Å². The van der Waals surface area contributed by atoms with Gasteiger partial charge in [0, 0.05) is 0 Å². The summed E-state index contributed by atoms with van der Waals surface area (Å²) in [6.07, 6.45) is 3.10. The van der Waals surface area contributed by atoms with Gasteiger partial charge in [0.2, 0.25) is 0 Å². The average Bonchev–Trinajstić information content (AvgIpc) is 2.33. The van der Waals surface area contributed by atoms with Crippen molar-refractivity contribution in [1.82, 2.24) is 0 Å². The van der Waals surface area contributed by atoms with Crippen molar-refractivity contribution in [2.75, 3.05) is 0 Å². The predicted molar refractivity (Wildman–Crippen MR) is 70.8 cm³/mol. The Hall–Kier alpha value is -0.851. The van der Waals surface area contributed by atoms with Crippen LogP contribution in [0.5, 0.6) is 0 Å². The molecule has 1 aromatic rings. The zero-order valence-corrected chi connectivity index (χ0v) is 11.7. The molecule has 0 saturated heterocycles. The molecule has 88 valence electrons. The van der Waals surface area contributed by atoms with Crippen molar-refractivity contribution < 1.29 is 4.79 Å². The van der Waals surface area contributed by atoms with E-state index < -0.39 is 0 Å². The van der Waals surface area contributed by atoms with Gasteiger partial charge in [0.05, 0.1) is 0 Å². The van der Waals surface area contributed by atoms with Gasteiger partial charge >= 0.3 is 108 Å². The first-order valence-corrected chi connectivity index (χ1v) is 8.76. The minimum atomic E-state index is 0.295. The van der Waals surface area contributed by atoms with E-state index in [0.717, 1.165) is 12.8 Å². The first kappa shape index (κ1) is 11.3. The first-order valence-electron chi connectivity index (χ1n) is 6.19. The van der Waals surface area contributed by atoms with E-state index in [9.17, 15) is 4.79 Å². The van der Waals surface area contributed by atoms with E-state index in [2.05, 4.69) is 36.2 Å². The van der Waals surface area contributed by atoms with Crippen LogP contribution < -0.4 is 0 Å². The van der Waals surface area contributed by atoms with Crippen LogP contribution in [0.25, 0.3) is 5.57 Å². The minimum absolute atomic E-state index is 0.295. The molecular weight excluding hydrogens is 275 g/mol. The monoisotopic (exact) mass is 292 g/mol. The summed E-state index contributed by atoms with van der Waals surface area (Å²) in [6, 6.07) is 10.6. The van der Waals surface area contributed by atoms with Gasteiger partial charge in [-0.25, -0.2) is 0 Å². The van der Waals surface area contributed by atoms with Crippen molar-refractivity contribution in [3.05, 3.63) is 40.4 Å². The molecule has 2 aliphatic carbocycles. The molecule has 3 rings (SSSR count). The second-order valence-electron chi connectivity index (χ2n) is 4.79. The summed E-state index contributed by atoms with van der Waals surface area (Å²) in [4.78, 5) is 12.0. The van der Waals surface area contributed by atoms with Crippen LogP contribution in [0.3, 0.4) is 0 Å². The third-order valence-electron chi connectivity index (χ3n) is 3.91. The predicted octanol–water partition coefficient (Wildman–Crippen LogP) is 3.15. The molecule has 1 saturated carbocycles. The van der Waals surface area contributed by atoms with Crippen LogP contribution in [0.15, 0.2) is 34.8 Å². The number of benzene rings is 1. The Morgan fingerprint density at radius 3 is 2.71 bits per heavy atom. The zero-order valence-electron chi connectivity index (χ0n) is 9.98. The number of rotatable bonds is 2. The Kier molecular flexibility index (Phi) is 2.94. The van der Waals surface area contributed by atoms with E-state index in [0.29, 0.717) is 32.6 Å². The zero-order chi connectivity index (χ0) is 11.8. The van der Waals surface area contributed by atoms with Crippen LogP contribution in [0, 0.1) is 11.8 Å². The fourth-order valence-corrected chi connectivity index (χ4v) is 5.33. The van der Waals surface area contributed by atoms with E-state index >= 15 is 0 Å². The molecule has 0 bridgehead atoms. The van der Waals surface area contributed by atoms with Gasteiger partial charge in [-0.2, -0.15) is 0 Å². The molecule has 2 atom stereocenters. The molecular formula is C15H16OSe. The molecule has 2 heteroatoms. The van der Waals surface area contributed by atoms with E-state index in [1.165, 1.54) is 22.0 Å². The molecule has 1 fully saturated rings. The summed E-state index contributed by atoms with van der Waals surface area (Å²) in [7, 11) is 0. The summed E-state index contributed by atoms with van der Waals surface area (Å²) < 4.78 is 1.47. The van der Waals surface area contributed by atoms with Gasteiger partial charge in [-0.15, -0.1) is 0 Å². The molecule has 0 radical (unpaired) electrons. The number of allylic oxidation sites excluding steroid dienone is 2. The summed E-state index contributed by atoms with van der Waals surface area (Å²) in [5.74, 6) is 3.57. The molecule has 0 spiro atoms. The number of hydrogen-bond donors (Lipinski definition) is 0. The quantitative estimate of drug-likeness (QED) is 0.765.